The normalized spacial score (nSPS) is 26.2. The van der Waals surface area contributed by atoms with Gasteiger partial charge >= 0.3 is 0 Å². The Hall–Kier alpha value is -4.11. The number of hydrogen-bond acceptors (Lipinski definition) is 9. The third-order valence-electron chi connectivity index (χ3n) is 12.0. The lowest BCUT2D eigenvalue weighted by Crippen LogP contribution is -2.49. The maximum atomic E-state index is 15.2. The molecule has 4 N–H and O–H groups in total. The number of fused-ring (bicyclic) bond motifs is 3. The number of hydrogen-bond donors (Lipinski definition) is 4. The molecule has 55 heavy (non-hydrogen) atoms. The van der Waals surface area contributed by atoms with Crippen LogP contribution in [0, 0.1) is 5.92 Å². The number of likely N-dealkylation sites (tertiary alicyclic amines) is 1. The molecule has 12 nitrogen and oxygen atoms in total. The van der Waals surface area contributed by atoms with Crippen molar-refractivity contribution in [3.8, 4) is 5.75 Å². The monoisotopic (exact) mass is 770 g/mol. The molecule has 1 spiro atoms. The Morgan fingerprint density at radius 1 is 1.00 bits per heavy atom. The molecular formula is C42H54N4O8Si. The number of anilines is 4. The lowest BCUT2D eigenvalue weighted by Gasteiger charge is -2.36. The summed E-state index contributed by atoms with van der Waals surface area (Å²) in [5.41, 5.74) is 2.02. The number of nitrogens with one attached hydrogen (secondary N) is 1. The Balaban J connectivity index is 1.34. The highest BCUT2D eigenvalue weighted by Crippen LogP contribution is 2.61. The first kappa shape index (κ1) is 39.1. The second kappa shape index (κ2) is 15.8. The second-order valence-electron chi connectivity index (χ2n) is 15.8. The standard InChI is InChI=1S/C42H54N4O8Si/c1-5-53-32-16-18-35-28(22-32)23-34(43-19-9-10-21-47)40(50)45(35)30-15-17-36-33(24-30)42(41(51)46(36)29-12-7-6-8-13-29)27(2)39(55(3,4)52)37(54-42)25-38(49)44-20-11-14-31(44)26-48/h6-8,12-13,15-18,22,24,27,31,34,37,39,43,47-48,52H,5,9-11,14,19-21,23,25-26H2,1-4H3/t27-,31+,34?,37+,39-,42+/m1/s1. The van der Waals surface area contributed by atoms with Gasteiger partial charge in [0.25, 0.3) is 5.91 Å². The lowest BCUT2D eigenvalue weighted by molar-refractivity contribution is -0.149. The summed E-state index contributed by atoms with van der Waals surface area (Å²) in [5, 5.41) is 22.8. The van der Waals surface area contributed by atoms with E-state index >= 15 is 4.79 Å². The van der Waals surface area contributed by atoms with Crippen molar-refractivity contribution in [2.45, 2.75) is 94.8 Å². The fraction of sp³-hybridized carbons (Fsp3) is 0.500. The molecule has 3 aromatic carbocycles. The minimum absolute atomic E-state index is 0.0261. The van der Waals surface area contributed by atoms with Gasteiger partial charge in [-0.25, -0.2) is 0 Å². The summed E-state index contributed by atoms with van der Waals surface area (Å²) >= 11 is 0. The SMILES string of the molecule is CCOc1ccc2c(c1)CC(NCCCCO)C(=O)N2c1ccc2c(c1)[C@]1(O[C@@H](CC(=O)N3CCC[C@H]3CO)[C@H]([Si](C)(C)O)[C@H]1C)C(=O)N2c1ccccc1. The van der Waals surface area contributed by atoms with Crippen LogP contribution in [-0.2, 0) is 31.1 Å². The molecule has 6 atom stereocenters. The van der Waals surface area contributed by atoms with Crippen molar-refractivity contribution < 1.29 is 38.9 Å². The van der Waals surface area contributed by atoms with Gasteiger partial charge in [0.1, 0.15) is 5.75 Å². The van der Waals surface area contributed by atoms with Crippen LogP contribution in [0.2, 0.25) is 18.6 Å². The topological polar surface area (TPSA) is 152 Å². The zero-order valence-corrected chi connectivity index (χ0v) is 33.2. The molecule has 0 aromatic heterocycles. The molecule has 0 saturated carbocycles. The van der Waals surface area contributed by atoms with Crippen LogP contribution >= 0.6 is 0 Å². The number of aliphatic hydroxyl groups excluding tert-OH is 2. The van der Waals surface area contributed by atoms with E-state index < -0.39 is 37.5 Å². The fourth-order valence-electron chi connectivity index (χ4n) is 9.53. The Bertz CT molecular complexity index is 1910. The van der Waals surface area contributed by atoms with Crippen LogP contribution in [0.15, 0.2) is 66.7 Å². The first-order chi connectivity index (χ1) is 26.4. The Morgan fingerprint density at radius 2 is 1.76 bits per heavy atom. The quantitative estimate of drug-likeness (QED) is 0.141. The van der Waals surface area contributed by atoms with Gasteiger partial charge in [0.2, 0.25) is 11.8 Å². The number of para-hydroxylation sites is 1. The van der Waals surface area contributed by atoms with Gasteiger partial charge in [0.15, 0.2) is 13.9 Å². The van der Waals surface area contributed by atoms with Crippen molar-refractivity contribution in [2.75, 3.05) is 42.7 Å². The van der Waals surface area contributed by atoms with E-state index in [-0.39, 0.29) is 43.4 Å². The van der Waals surface area contributed by atoms with E-state index in [4.69, 9.17) is 9.47 Å². The van der Waals surface area contributed by atoms with Crippen molar-refractivity contribution in [3.63, 3.8) is 0 Å². The minimum Gasteiger partial charge on any atom is -0.494 e. The summed E-state index contributed by atoms with van der Waals surface area (Å²) in [5.74, 6) is -0.428. The van der Waals surface area contributed by atoms with Crippen LogP contribution in [0.1, 0.15) is 57.1 Å². The molecule has 2 saturated heterocycles. The molecule has 4 aliphatic rings. The largest absolute Gasteiger partial charge is 0.494 e. The molecular weight excluding hydrogens is 717 g/mol. The van der Waals surface area contributed by atoms with Gasteiger partial charge < -0.3 is 34.7 Å². The summed E-state index contributed by atoms with van der Waals surface area (Å²) in [4.78, 5) is 60.6. The number of unbranched alkanes of at least 4 members (excludes halogenated alkanes) is 1. The van der Waals surface area contributed by atoms with Crippen LogP contribution in [0.5, 0.6) is 5.75 Å². The molecule has 294 valence electrons. The number of rotatable bonds is 13. The summed E-state index contributed by atoms with van der Waals surface area (Å²) in [7, 11) is -3.09. The van der Waals surface area contributed by atoms with Crippen molar-refractivity contribution in [1.82, 2.24) is 10.2 Å². The molecule has 3 amide bonds. The van der Waals surface area contributed by atoms with Crippen LogP contribution in [0.4, 0.5) is 22.7 Å². The van der Waals surface area contributed by atoms with Crippen molar-refractivity contribution in [2.24, 2.45) is 5.92 Å². The molecule has 1 unspecified atom stereocenters. The maximum absolute atomic E-state index is 15.2. The first-order valence-electron chi connectivity index (χ1n) is 19.7. The van der Waals surface area contributed by atoms with Gasteiger partial charge in [0.05, 0.1) is 49.2 Å². The maximum Gasteiger partial charge on any atom is 0.268 e. The number of carbonyl (C=O) groups is 3. The summed E-state index contributed by atoms with van der Waals surface area (Å²) in [6.07, 6.45) is 2.55. The highest BCUT2D eigenvalue weighted by Gasteiger charge is 2.67. The van der Waals surface area contributed by atoms with Crippen molar-refractivity contribution in [1.29, 1.82) is 0 Å². The number of aliphatic hydroxyl groups is 2. The molecule has 3 aromatic rings. The molecule has 0 aliphatic carbocycles. The van der Waals surface area contributed by atoms with E-state index in [1.807, 2.05) is 93.7 Å². The van der Waals surface area contributed by atoms with Crippen LogP contribution < -0.4 is 19.9 Å². The van der Waals surface area contributed by atoms with Gasteiger partial charge in [0, 0.05) is 41.5 Å². The average molecular weight is 771 g/mol. The van der Waals surface area contributed by atoms with Crippen LogP contribution in [-0.4, -0.2) is 97.0 Å². The zero-order chi connectivity index (χ0) is 39.1. The van der Waals surface area contributed by atoms with Crippen molar-refractivity contribution >= 4 is 48.8 Å². The van der Waals surface area contributed by atoms with E-state index in [0.717, 1.165) is 24.1 Å². The van der Waals surface area contributed by atoms with E-state index in [2.05, 4.69) is 5.32 Å². The number of ether oxygens (including phenoxy) is 2. The molecule has 13 heteroatoms. The average Bonchev–Trinajstić information content (AvgIpc) is 3.83. The van der Waals surface area contributed by atoms with Gasteiger partial charge in [-0.3, -0.25) is 24.2 Å². The van der Waals surface area contributed by atoms with E-state index in [9.17, 15) is 24.6 Å². The van der Waals surface area contributed by atoms with E-state index in [1.165, 1.54) is 0 Å². The highest BCUT2D eigenvalue weighted by molar-refractivity contribution is 6.71. The summed E-state index contributed by atoms with van der Waals surface area (Å²) < 4.78 is 12.9. The minimum atomic E-state index is -3.09. The Kier molecular flexibility index (Phi) is 11.2. The third kappa shape index (κ3) is 6.99. The zero-order valence-electron chi connectivity index (χ0n) is 32.2. The Morgan fingerprint density at radius 3 is 2.47 bits per heavy atom. The fourth-order valence-corrected chi connectivity index (χ4v) is 12.1. The summed E-state index contributed by atoms with van der Waals surface area (Å²) in [6.45, 7) is 9.10. The lowest BCUT2D eigenvalue weighted by atomic mass is 9.82. The first-order valence-corrected chi connectivity index (χ1v) is 22.8. The third-order valence-corrected chi connectivity index (χ3v) is 14.5. The van der Waals surface area contributed by atoms with Gasteiger partial charge in [-0.05, 0) is 113 Å². The predicted molar refractivity (Wildman–Crippen MR) is 212 cm³/mol. The molecule has 4 aliphatic heterocycles. The molecule has 2 fully saturated rings. The second-order valence-corrected chi connectivity index (χ2v) is 19.8. The number of nitrogens with zero attached hydrogens (tertiary/aromatic N) is 3. The molecule has 0 radical (unpaired) electrons. The number of carbonyl (C=O) groups excluding carboxylic acids is 3. The Labute approximate surface area is 324 Å². The molecule has 7 rings (SSSR count). The van der Waals surface area contributed by atoms with E-state index in [0.29, 0.717) is 67.3 Å². The van der Waals surface area contributed by atoms with Crippen LogP contribution in [0.3, 0.4) is 0 Å². The smallest absolute Gasteiger partial charge is 0.268 e. The molecule has 0 bridgehead atoms. The van der Waals surface area contributed by atoms with Gasteiger partial charge in [-0.2, -0.15) is 0 Å². The van der Waals surface area contributed by atoms with Gasteiger partial charge in [-0.1, -0.05) is 25.1 Å². The van der Waals surface area contributed by atoms with Crippen molar-refractivity contribution in [3.05, 3.63) is 77.9 Å². The number of benzene rings is 3. The summed E-state index contributed by atoms with van der Waals surface area (Å²) in [6, 6.07) is 19.9. The predicted octanol–water partition coefficient (Wildman–Crippen LogP) is 4.89. The van der Waals surface area contributed by atoms with Gasteiger partial charge in [-0.15, -0.1) is 0 Å². The highest BCUT2D eigenvalue weighted by atomic mass is 28.4. The number of amides is 3. The van der Waals surface area contributed by atoms with E-state index in [1.54, 1.807) is 14.7 Å². The van der Waals surface area contributed by atoms with Crippen LogP contribution in [0.25, 0.3) is 0 Å². The molecule has 4 heterocycles.